The van der Waals surface area contributed by atoms with E-state index >= 15 is 0 Å². The van der Waals surface area contributed by atoms with E-state index in [1.165, 1.54) is 0 Å². The normalized spacial score (nSPS) is 23.4. The molecule has 2 aromatic rings. The van der Waals surface area contributed by atoms with Gasteiger partial charge in [-0.2, -0.15) is 5.10 Å². The summed E-state index contributed by atoms with van der Waals surface area (Å²) in [4.78, 5) is 29.0. The highest BCUT2D eigenvalue weighted by molar-refractivity contribution is 6.04. The summed E-state index contributed by atoms with van der Waals surface area (Å²) in [5, 5.41) is 14.6. The topological polar surface area (TPSA) is 78.7 Å². The lowest BCUT2D eigenvalue weighted by Crippen LogP contribution is -2.55. The van der Waals surface area contributed by atoms with Crippen molar-refractivity contribution in [2.45, 2.75) is 25.7 Å². The Bertz CT molecular complexity index is 877. The van der Waals surface area contributed by atoms with Gasteiger partial charge in [0.1, 0.15) is 0 Å². The maximum atomic E-state index is 13.3. The largest absolute Gasteiger partial charge is 0.395 e. The van der Waals surface area contributed by atoms with Crippen LogP contribution in [-0.2, 0) is 11.8 Å². The Morgan fingerprint density at radius 2 is 2.07 bits per heavy atom. The van der Waals surface area contributed by atoms with Crippen molar-refractivity contribution in [3.05, 3.63) is 30.0 Å². The Morgan fingerprint density at radius 1 is 1.26 bits per heavy atom. The number of fused-ring (bicyclic) bond motifs is 1. The summed E-state index contributed by atoms with van der Waals surface area (Å²) in [6.45, 7) is 2.34. The van der Waals surface area contributed by atoms with Gasteiger partial charge in [-0.15, -0.1) is 0 Å². The molecule has 1 atom stereocenters. The van der Waals surface area contributed by atoms with Crippen molar-refractivity contribution < 1.29 is 14.7 Å². The van der Waals surface area contributed by atoms with Crippen LogP contribution >= 0.6 is 0 Å². The van der Waals surface area contributed by atoms with Crippen LogP contribution in [0.5, 0.6) is 0 Å². The fraction of sp³-hybridized carbons (Fsp3) is 0.550. The van der Waals surface area contributed by atoms with Crippen LogP contribution in [0.1, 0.15) is 36.2 Å². The Morgan fingerprint density at radius 3 is 2.89 bits per heavy atom. The number of hydrogen-bond acceptors (Lipinski definition) is 4. The SMILES string of the molecule is Cn1nc(C(=O)N2CCC[C@@]3(CCC(=O)N(CCO)C3)C2)c2ccccc21. The fourth-order valence-electron chi connectivity index (χ4n) is 4.66. The lowest BCUT2D eigenvalue weighted by atomic mass is 9.73. The van der Waals surface area contributed by atoms with Gasteiger partial charge < -0.3 is 14.9 Å². The molecule has 27 heavy (non-hydrogen) atoms. The van der Waals surface area contributed by atoms with Gasteiger partial charge in [-0.25, -0.2) is 0 Å². The van der Waals surface area contributed by atoms with Crippen LogP contribution < -0.4 is 0 Å². The second-order valence-electron chi connectivity index (χ2n) is 7.86. The van der Waals surface area contributed by atoms with Gasteiger partial charge in [0.05, 0.1) is 12.1 Å². The molecule has 0 aliphatic carbocycles. The van der Waals surface area contributed by atoms with Crippen molar-refractivity contribution in [3.8, 4) is 0 Å². The molecule has 4 rings (SSSR count). The predicted octanol–water partition coefficient (Wildman–Crippen LogP) is 1.41. The number of hydrogen-bond donors (Lipinski definition) is 1. The molecule has 1 N–H and O–H groups in total. The van der Waals surface area contributed by atoms with E-state index in [4.69, 9.17) is 0 Å². The molecule has 0 saturated carbocycles. The molecule has 2 saturated heterocycles. The van der Waals surface area contributed by atoms with Gasteiger partial charge >= 0.3 is 0 Å². The highest BCUT2D eigenvalue weighted by atomic mass is 16.3. The minimum atomic E-state index is -0.0679. The zero-order chi connectivity index (χ0) is 19.0. The van der Waals surface area contributed by atoms with Crippen LogP contribution in [0.4, 0.5) is 0 Å². The fourth-order valence-corrected chi connectivity index (χ4v) is 4.66. The van der Waals surface area contributed by atoms with E-state index in [9.17, 15) is 14.7 Å². The summed E-state index contributed by atoms with van der Waals surface area (Å²) < 4.78 is 1.75. The molecule has 7 heteroatoms. The lowest BCUT2D eigenvalue weighted by Gasteiger charge is -2.48. The second-order valence-corrected chi connectivity index (χ2v) is 7.86. The number of rotatable bonds is 3. The number of benzene rings is 1. The third kappa shape index (κ3) is 3.20. The number of aliphatic hydroxyl groups excluding tert-OH is 1. The highest BCUT2D eigenvalue weighted by Gasteiger charge is 2.43. The molecule has 2 aliphatic heterocycles. The molecule has 3 heterocycles. The van der Waals surface area contributed by atoms with Crippen molar-refractivity contribution >= 4 is 22.7 Å². The van der Waals surface area contributed by atoms with Gasteiger partial charge in [-0.1, -0.05) is 18.2 Å². The smallest absolute Gasteiger partial charge is 0.275 e. The number of aliphatic hydroxyl groups is 1. The monoisotopic (exact) mass is 370 g/mol. The van der Waals surface area contributed by atoms with E-state index < -0.39 is 0 Å². The number of nitrogens with zero attached hydrogens (tertiary/aromatic N) is 4. The van der Waals surface area contributed by atoms with Crippen LogP contribution in [0, 0.1) is 5.41 Å². The maximum absolute atomic E-state index is 13.3. The Balaban J connectivity index is 1.57. The predicted molar refractivity (Wildman–Crippen MR) is 101 cm³/mol. The number of β-amino-alcohol motifs (C(OH)–C–C–N with tert-alkyl or cyclic N) is 1. The number of piperidine rings is 2. The number of aryl methyl sites for hydroxylation is 1. The standard InChI is InChI=1S/C20H26N4O3/c1-22-16-6-3-2-5-15(16)18(21-22)19(27)24-10-4-8-20(14-24)9-7-17(26)23(13-20)11-12-25/h2-3,5-6,25H,4,7-14H2,1H3/t20-/m0/s1. The Hall–Kier alpha value is -2.41. The van der Waals surface area contributed by atoms with Crippen molar-refractivity contribution in [2.75, 3.05) is 32.8 Å². The van der Waals surface area contributed by atoms with Gasteiger partial charge in [-0.05, 0) is 25.3 Å². The van der Waals surface area contributed by atoms with Crippen LogP contribution in [0.15, 0.2) is 24.3 Å². The molecule has 2 amide bonds. The van der Waals surface area contributed by atoms with Crippen molar-refractivity contribution in [1.29, 1.82) is 0 Å². The van der Waals surface area contributed by atoms with E-state index in [0.717, 1.165) is 36.7 Å². The number of carbonyl (C=O) groups excluding carboxylic acids is 2. The average Bonchev–Trinajstić information content (AvgIpc) is 3.02. The van der Waals surface area contributed by atoms with Gasteiger partial charge in [-0.3, -0.25) is 14.3 Å². The highest BCUT2D eigenvalue weighted by Crippen LogP contribution is 2.39. The second kappa shape index (κ2) is 6.96. The molecule has 1 aromatic carbocycles. The van der Waals surface area contributed by atoms with Crippen molar-refractivity contribution in [3.63, 3.8) is 0 Å². The number of likely N-dealkylation sites (tertiary alicyclic amines) is 2. The minimum absolute atomic E-state index is 0.0234. The first-order chi connectivity index (χ1) is 13.0. The number of carbonyl (C=O) groups is 2. The summed E-state index contributed by atoms with van der Waals surface area (Å²) in [5.74, 6) is 0.0744. The first kappa shape index (κ1) is 18.0. The average molecular weight is 370 g/mol. The molecule has 2 aliphatic rings. The van der Waals surface area contributed by atoms with E-state index in [0.29, 0.717) is 31.7 Å². The number of para-hydroxylation sites is 1. The molecule has 1 spiro atoms. The third-order valence-corrected chi connectivity index (χ3v) is 6.03. The number of aromatic nitrogens is 2. The quantitative estimate of drug-likeness (QED) is 0.886. The van der Waals surface area contributed by atoms with E-state index in [2.05, 4.69) is 5.10 Å². The molecule has 0 unspecified atom stereocenters. The lowest BCUT2D eigenvalue weighted by molar-refractivity contribution is -0.139. The Labute approximate surface area is 158 Å². The summed E-state index contributed by atoms with van der Waals surface area (Å²) in [7, 11) is 1.86. The van der Waals surface area contributed by atoms with E-state index in [1.807, 2.05) is 36.2 Å². The summed E-state index contributed by atoms with van der Waals surface area (Å²) in [6.07, 6.45) is 3.24. The molecular weight excluding hydrogens is 344 g/mol. The van der Waals surface area contributed by atoms with Crippen LogP contribution in [0.3, 0.4) is 0 Å². The molecule has 0 bridgehead atoms. The van der Waals surface area contributed by atoms with E-state index in [1.54, 1.807) is 9.58 Å². The van der Waals surface area contributed by atoms with Gasteiger partial charge in [0.2, 0.25) is 5.91 Å². The van der Waals surface area contributed by atoms with Crippen LogP contribution in [0.25, 0.3) is 10.9 Å². The molecule has 7 nitrogen and oxygen atoms in total. The van der Waals surface area contributed by atoms with Gasteiger partial charge in [0.15, 0.2) is 5.69 Å². The minimum Gasteiger partial charge on any atom is -0.395 e. The first-order valence-corrected chi connectivity index (χ1v) is 9.63. The third-order valence-electron chi connectivity index (χ3n) is 6.03. The van der Waals surface area contributed by atoms with Gasteiger partial charge in [0.25, 0.3) is 5.91 Å². The summed E-state index contributed by atoms with van der Waals surface area (Å²) in [5.41, 5.74) is 1.39. The van der Waals surface area contributed by atoms with Crippen molar-refractivity contribution in [1.82, 2.24) is 19.6 Å². The first-order valence-electron chi connectivity index (χ1n) is 9.63. The molecule has 1 aromatic heterocycles. The van der Waals surface area contributed by atoms with Crippen LogP contribution in [0.2, 0.25) is 0 Å². The summed E-state index contributed by atoms with van der Waals surface area (Å²) in [6, 6.07) is 7.79. The molecule has 0 radical (unpaired) electrons. The summed E-state index contributed by atoms with van der Waals surface area (Å²) >= 11 is 0. The zero-order valence-electron chi connectivity index (χ0n) is 15.7. The zero-order valence-corrected chi connectivity index (χ0v) is 15.7. The van der Waals surface area contributed by atoms with Crippen LogP contribution in [-0.4, -0.2) is 69.3 Å². The van der Waals surface area contributed by atoms with Gasteiger partial charge in [0, 0.05) is 50.4 Å². The Kier molecular flexibility index (Phi) is 4.63. The number of amides is 2. The van der Waals surface area contributed by atoms with Crippen molar-refractivity contribution in [2.24, 2.45) is 12.5 Å². The maximum Gasteiger partial charge on any atom is 0.275 e. The molecular formula is C20H26N4O3. The van der Waals surface area contributed by atoms with E-state index in [-0.39, 0.29) is 23.8 Å². The molecule has 2 fully saturated rings. The molecule has 144 valence electrons.